The molecule has 1 aliphatic heterocycles. The second-order valence-corrected chi connectivity index (χ2v) is 5.38. The maximum absolute atomic E-state index is 12.3. The Hall–Kier alpha value is -1.62. The van der Waals surface area contributed by atoms with Crippen molar-refractivity contribution in [1.82, 2.24) is 15.4 Å². The molecule has 5 heteroatoms. The summed E-state index contributed by atoms with van der Waals surface area (Å²) in [6, 6.07) is 2.40. The molecule has 0 spiro atoms. The van der Waals surface area contributed by atoms with E-state index in [1.165, 1.54) is 6.42 Å². The predicted molar refractivity (Wildman–Crippen MR) is 75.5 cm³/mol. The monoisotopic (exact) mass is 262 g/mol. The van der Waals surface area contributed by atoms with Gasteiger partial charge in [0, 0.05) is 12.1 Å². The van der Waals surface area contributed by atoms with E-state index in [4.69, 9.17) is 5.73 Å². The Labute approximate surface area is 114 Å². The maximum Gasteiger partial charge on any atom is 0.267 e. The van der Waals surface area contributed by atoms with Crippen LogP contribution in [0.25, 0.3) is 0 Å². The lowest BCUT2D eigenvalue weighted by atomic mass is 10.00. The quantitative estimate of drug-likeness (QED) is 0.853. The van der Waals surface area contributed by atoms with Gasteiger partial charge in [0.2, 0.25) is 0 Å². The van der Waals surface area contributed by atoms with Crippen LogP contribution in [0.5, 0.6) is 0 Å². The number of pyridine rings is 1. The number of hydrogen-bond donors (Lipinski definition) is 2. The van der Waals surface area contributed by atoms with Crippen LogP contribution in [0.4, 0.5) is 5.69 Å². The Kier molecular flexibility index (Phi) is 4.04. The summed E-state index contributed by atoms with van der Waals surface area (Å²) in [5.74, 6) is -0.127. The Morgan fingerprint density at radius 2 is 2.05 bits per heavy atom. The van der Waals surface area contributed by atoms with Gasteiger partial charge in [0.25, 0.3) is 5.91 Å². The molecule has 3 N–H and O–H groups in total. The van der Waals surface area contributed by atoms with Crippen LogP contribution in [0.15, 0.2) is 12.3 Å². The molecule has 2 heterocycles. The molecule has 2 unspecified atom stereocenters. The number of aromatic nitrogens is 1. The minimum atomic E-state index is -0.127. The highest BCUT2D eigenvalue weighted by Crippen LogP contribution is 2.21. The Morgan fingerprint density at radius 1 is 1.42 bits per heavy atom. The van der Waals surface area contributed by atoms with Crippen LogP contribution in [0.2, 0.25) is 0 Å². The third-order valence-corrected chi connectivity index (χ3v) is 3.78. The van der Waals surface area contributed by atoms with Crippen molar-refractivity contribution in [1.29, 1.82) is 0 Å². The number of rotatable bonds is 2. The van der Waals surface area contributed by atoms with Gasteiger partial charge in [-0.3, -0.25) is 15.2 Å². The summed E-state index contributed by atoms with van der Waals surface area (Å²) in [7, 11) is 0. The minimum Gasteiger partial charge on any atom is -0.397 e. The molecule has 0 aromatic carbocycles. The number of anilines is 1. The fourth-order valence-electron chi connectivity index (χ4n) is 2.60. The molecule has 1 aliphatic rings. The molecule has 1 saturated heterocycles. The van der Waals surface area contributed by atoms with E-state index in [1.54, 1.807) is 12.3 Å². The third kappa shape index (κ3) is 3.04. The molecule has 0 aliphatic carbocycles. The highest BCUT2D eigenvalue weighted by Gasteiger charge is 2.26. The van der Waals surface area contributed by atoms with Crippen molar-refractivity contribution in [3.05, 3.63) is 23.5 Å². The molecule has 1 aromatic heterocycles. The number of hydrazine groups is 1. The van der Waals surface area contributed by atoms with E-state index >= 15 is 0 Å². The summed E-state index contributed by atoms with van der Waals surface area (Å²) in [5.41, 5.74) is 10.5. The number of hydrogen-bond acceptors (Lipinski definition) is 4. The third-order valence-electron chi connectivity index (χ3n) is 3.78. The summed E-state index contributed by atoms with van der Waals surface area (Å²) in [6.07, 6.45) is 5.00. The van der Waals surface area contributed by atoms with Crippen molar-refractivity contribution in [2.75, 3.05) is 5.73 Å². The SMILES string of the molecule is Cc1ncc(N)cc1C(=O)NN1C(C)CCCC1C. The van der Waals surface area contributed by atoms with E-state index in [2.05, 4.69) is 29.3 Å². The van der Waals surface area contributed by atoms with Crippen LogP contribution in [-0.2, 0) is 0 Å². The molecule has 5 nitrogen and oxygen atoms in total. The first-order chi connectivity index (χ1) is 8.99. The lowest BCUT2D eigenvalue weighted by Crippen LogP contribution is -2.54. The van der Waals surface area contributed by atoms with Crippen LogP contribution in [0.1, 0.15) is 49.2 Å². The highest BCUT2D eigenvalue weighted by molar-refractivity contribution is 5.95. The summed E-state index contributed by atoms with van der Waals surface area (Å²) < 4.78 is 0. The molecule has 1 aromatic rings. The fraction of sp³-hybridized carbons (Fsp3) is 0.571. The van der Waals surface area contributed by atoms with Crippen LogP contribution >= 0.6 is 0 Å². The molecular formula is C14H22N4O. The van der Waals surface area contributed by atoms with Crippen molar-refractivity contribution < 1.29 is 4.79 Å². The average Bonchev–Trinajstić information content (AvgIpc) is 2.37. The number of amides is 1. The van der Waals surface area contributed by atoms with Gasteiger partial charge in [-0.1, -0.05) is 6.42 Å². The van der Waals surface area contributed by atoms with Crippen LogP contribution in [-0.4, -0.2) is 28.0 Å². The molecule has 0 saturated carbocycles. The zero-order valence-electron chi connectivity index (χ0n) is 11.8. The molecule has 2 atom stereocenters. The Bertz CT molecular complexity index is 465. The second kappa shape index (κ2) is 5.57. The van der Waals surface area contributed by atoms with Gasteiger partial charge in [-0.15, -0.1) is 0 Å². The Morgan fingerprint density at radius 3 is 2.68 bits per heavy atom. The molecule has 2 rings (SSSR count). The topological polar surface area (TPSA) is 71.2 Å². The molecule has 0 bridgehead atoms. The second-order valence-electron chi connectivity index (χ2n) is 5.38. The molecule has 19 heavy (non-hydrogen) atoms. The maximum atomic E-state index is 12.3. The number of nitrogen functional groups attached to an aromatic ring is 1. The van der Waals surface area contributed by atoms with E-state index in [1.807, 2.05) is 6.92 Å². The molecular weight excluding hydrogens is 240 g/mol. The van der Waals surface area contributed by atoms with Crippen molar-refractivity contribution in [2.24, 2.45) is 0 Å². The zero-order chi connectivity index (χ0) is 14.0. The number of nitrogens with one attached hydrogen (secondary N) is 1. The molecule has 0 radical (unpaired) electrons. The number of nitrogens with zero attached hydrogens (tertiary/aromatic N) is 2. The number of nitrogens with two attached hydrogens (primary N) is 1. The average molecular weight is 262 g/mol. The molecule has 104 valence electrons. The van der Waals surface area contributed by atoms with Crippen LogP contribution in [0, 0.1) is 6.92 Å². The van der Waals surface area contributed by atoms with Crippen LogP contribution < -0.4 is 11.2 Å². The summed E-state index contributed by atoms with van der Waals surface area (Å²) >= 11 is 0. The van der Waals surface area contributed by atoms with Gasteiger partial charge in [-0.2, -0.15) is 0 Å². The van der Waals surface area contributed by atoms with Crippen molar-refractivity contribution in [2.45, 2.75) is 52.1 Å². The molecule has 1 amide bonds. The van der Waals surface area contributed by atoms with Crippen LogP contribution in [0.3, 0.4) is 0 Å². The zero-order valence-corrected chi connectivity index (χ0v) is 11.8. The summed E-state index contributed by atoms with van der Waals surface area (Å²) in [4.78, 5) is 16.5. The number of aryl methyl sites for hydroxylation is 1. The number of piperidine rings is 1. The van der Waals surface area contributed by atoms with Crippen molar-refractivity contribution in [3.63, 3.8) is 0 Å². The van der Waals surface area contributed by atoms with Gasteiger partial charge in [0.1, 0.15) is 0 Å². The largest absolute Gasteiger partial charge is 0.397 e. The van der Waals surface area contributed by atoms with Gasteiger partial charge in [0.05, 0.1) is 23.1 Å². The first-order valence-corrected chi connectivity index (χ1v) is 6.80. The summed E-state index contributed by atoms with van der Waals surface area (Å²) in [6.45, 7) is 6.10. The normalized spacial score (nSPS) is 24.2. The van der Waals surface area contributed by atoms with E-state index in [9.17, 15) is 4.79 Å². The first-order valence-electron chi connectivity index (χ1n) is 6.80. The minimum absolute atomic E-state index is 0.127. The Balaban J connectivity index is 2.14. The number of carbonyl (C=O) groups is 1. The van der Waals surface area contributed by atoms with E-state index in [0.29, 0.717) is 29.0 Å². The number of carbonyl (C=O) groups excluding carboxylic acids is 1. The highest BCUT2D eigenvalue weighted by atomic mass is 16.2. The van der Waals surface area contributed by atoms with Gasteiger partial charge < -0.3 is 5.73 Å². The predicted octanol–water partition coefficient (Wildman–Crippen LogP) is 1.88. The van der Waals surface area contributed by atoms with Gasteiger partial charge in [-0.25, -0.2) is 5.01 Å². The molecule has 1 fully saturated rings. The fourth-order valence-corrected chi connectivity index (χ4v) is 2.60. The van der Waals surface area contributed by atoms with Crippen molar-refractivity contribution in [3.8, 4) is 0 Å². The van der Waals surface area contributed by atoms with E-state index < -0.39 is 0 Å². The van der Waals surface area contributed by atoms with Crippen molar-refractivity contribution >= 4 is 11.6 Å². The van der Waals surface area contributed by atoms with E-state index in [0.717, 1.165) is 12.8 Å². The first kappa shape index (κ1) is 13.8. The van der Waals surface area contributed by atoms with Gasteiger partial charge >= 0.3 is 0 Å². The summed E-state index contributed by atoms with van der Waals surface area (Å²) in [5, 5.41) is 2.05. The van der Waals surface area contributed by atoms with E-state index in [-0.39, 0.29) is 5.91 Å². The lowest BCUT2D eigenvalue weighted by Gasteiger charge is -2.38. The van der Waals surface area contributed by atoms with Gasteiger partial charge in [0.15, 0.2) is 0 Å². The lowest BCUT2D eigenvalue weighted by molar-refractivity contribution is 0.0369. The standard InChI is InChI=1S/C14H22N4O/c1-9-5-4-6-10(2)18(9)17-14(19)13-7-12(15)8-16-11(13)3/h7-10H,4-6,15H2,1-3H3,(H,17,19). The van der Waals surface area contributed by atoms with Gasteiger partial charge in [-0.05, 0) is 39.7 Å². The smallest absolute Gasteiger partial charge is 0.267 e.